The third-order valence-electron chi connectivity index (χ3n) is 2.62. The summed E-state index contributed by atoms with van der Waals surface area (Å²) in [5.41, 5.74) is 0. The van der Waals surface area contributed by atoms with E-state index in [4.69, 9.17) is 4.42 Å². The van der Waals surface area contributed by atoms with E-state index in [9.17, 15) is 8.42 Å². The molecule has 0 saturated carbocycles. The Balaban J connectivity index is 1.71. The molecule has 0 fully saturated rings. The van der Waals surface area contributed by atoms with Gasteiger partial charge < -0.3 is 4.42 Å². The number of furan rings is 1. The normalized spacial score (nSPS) is 11.8. The van der Waals surface area contributed by atoms with Crippen LogP contribution >= 0.6 is 22.7 Å². The molecule has 0 saturated heterocycles. The van der Waals surface area contributed by atoms with Crippen molar-refractivity contribution in [3.05, 3.63) is 52.9 Å². The fourth-order valence-electron chi connectivity index (χ4n) is 1.68. The van der Waals surface area contributed by atoms with Gasteiger partial charge in [-0.3, -0.25) is 0 Å². The second kappa shape index (κ2) is 5.53. The molecule has 3 aromatic heterocycles. The summed E-state index contributed by atoms with van der Waals surface area (Å²) in [6.45, 7) is 0.144. The Kier molecular flexibility index (Phi) is 3.75. The molecule has 0 aromatic carbocycles. The van der Waals surface area contributed by atoms with Crippen molar-refractivity contribution in [1.29, 1.82) is 0 Å². The predicted octanol–water partition coefficient (Wildman–Crippen LogP) is 3.55. The van der Waals surface area contributed by atoms with Gasteiger partial charge in [-0.1, -0.05) is 12.1 Å². The van der Waals surface area contributed by atoms with Crippen LogP contribution in [0.15, 0.2) is 55.8 Å². The van der Waals surface area contributed by atoms with E-state index in [0.717, 1.165) is 10.6 Å². The van der Waals surface area contributed by atoms with Crippen LogP contribution in [0.4, 0.5) is 0 Å². The maximum atomic E-state index is 12.0. The molecule has 3 heterocycles. The minimum absolute atomic E-state index is 0.144. The first kappa shape index (κ1) is 13.6. The van der Waals surface area contributed by atoms with Gasteiger partial charge in [-0.05, 0) is 35.0 Å². The second-order valence-electron chi connectivity index (χ2n) is 4.00. The van der Waals surface area contributed by atoms with Gasteiger partial charge in [0.15, 0.2) is 0 Å². The van der Waals surface area contributed by atoms with Crippen molar-refractivity contribution in [2.75, 3.05) is 0 Å². The number of sulfonamides is 1. The highest BCUT2D eigenvalue weighted by Gasteiger charge is 2.15. The molecule has 3 aromatic rings. The summed E-state index contributed by atoms with van der Waals surface area (Å²) in [5.74, 6) is 1.35. The summed E-state index contributed by atoms with van der Waals surface area (Å²) >= 11 is 2.77. The molecule has 0 aliphatic carbocycles. The Morgan fingerprint density at radius 2 is 1.85 bits per heavy atom. The van der Waals surface area contributed by atoms with E-state index in [-0.39, 0.29) is 6.54 Å². The van der Waals surface area contributed by atoms with Crippen molar-refractivity contribution >= 4 is 32.7 Å². The van der Waals surface area contributed by atoms with E-state index in [2.05, 4.69) is 4.72 Å². The minimum Gasteiger partial charge on any atom is -0.459 e. The lowest BCUT2D eigenvalue weighted by Crippen LogP contribution is -2.22. The molecule has 0 aliphatic heterocycles. The maximum absolute atomic E-state index is 12.0. The molecule has 1 N–H and O–H groups in total. The minimum atomic E-state index is -3.45. The molecule has 0 unspecified atom stereocenters. The Bertz CT molecular complexity index is 771. The number of rotatable bonds is 5. The van der Waals surface area contributed by atoms with Crippen LogP contribution in [0, 0.1) is 0 Å². The van der Waals surface area contributed by atoms with E-state index >= 15 is 0 Å². The third-order valence-corrected chi connectivity index (χ3v) is 6.31. The first-order valence-corrected chi connectivity index (χ1v) is 9.05. The van der Waals surface area contributed by atoms with Gasteiger partial charge in [-0.15, -0.1) is 22.7 Å². The van der Waals surface area contributed by atoms with Crippen molar-refractivity contribution < 1.29 is 12.8 Å². The van der Waals surface area contributed by atoms with Gasteiger partial charge in [0.05, 0.1) is 11.4 Å². The van der Waals surface area contributed by atoms with Crippen molar-refractivity contribution in [2.24, 2.45) is 0 Å². The van der Waals surface area contributed by atoms with E-state index in [1.54, 1.807) is 34.9 Å². The molecule has 3 rings (SSSR count). The Morgan fingerprint density at radius 3 is 2.55 bits per heavy atom. The Hall–Kier alpha value is -1.41. The highest BCUT2D eigenvalue weighted by atomic mass is 32.2. The van der Waals surface area contributed by atoms with E-state index in [1.807, 2.05) is 23.6 Å². The largest absolute Gasteiger partial charge is 0.459 e. The molecule has 7 heteroatoms. The van der Waals surface area contributed by atoms with Crippen LogP contribution in [-0.4, -0.2) is 8.42 Å². The van der Waals surface area contributed by atoms with E-state index in [1.165, 1.54) is 11.3 Å². The topological polar surface area (TPSA) is 59.3 Å². The van der Waals surface area contributed by atoms with Crippen molar-refractivity contribution in [1.82, 2.24) is 4.72 Å². The van der Waals surface area contributed by atoms with Crippen molar-refractivity contribution in [3.8, 4) is 10.6 Å². The number of hydrogen-bond acceptors (Lipinski definition) is 5. The van der Waals surface area contributed by atoms with Crippen LogP contribution in [-0.2, 0) is 16.6 Å². The molecular formula is C13H11NO3S3. The van der Waals surface area contributed by atoms with Crippen LogP contribution in [0.25, 0.3) is 10.6 Å². The van der Waals surface area contributed by atoms with Crippen LogP contribution in [0.1, 0.15) is 5.76 Å². The summed E-state index contributed by atoms with van der Waals surface area (Å²) < 4.78 is 32.4. The van der Waals surface area contributed by atoms with Gasteiger partial charge >= 0.3 is 0 Å². The first-order valence-electron chi connectivity index (χ1n) is 5.81. The second-order valence-corrected chi connectivity index (χ2v) is 7.89. The lowest BCUT2D eigenvalue weighted by Gasteiger charge is -2.02. The summed E-state index contributed by atoms with van der Waals surface area (Å²) in [4.78, 5) is 1.03. The smallest absolute Gasteiger partial charge is 0.250 e. The standard InChI is InChI=1S/C13H11NO3S3/c15-20(16,13-4-2-8-19-13)14-9-10-5-6-11(17-10)12-3-1-7-18-12/h1-8,14H,9H2. The summed E-state index contributed by atoms with van der Waals surface area (Å²) in [6, 6.07) is 10.8. The van der Waals surface area contributed by atoms with Crippen LogP contribution in [0.2, 0.25) is 0 Å². The zero-order valence-electron chi connectivity index (χ0n) is 10.3. The molecule has 0 atom stereocenters. The first-order chi connectivity index (χ1) is 9.65. The van der Waals surface area contributed by atoms with Gasteiger partial charge in [0.2, 0.25) is 10.0 Å². The fourth-order valence-corrected chi connectivity index (χ4v) is 4.40. The zero-order chi connectivity index (χ0) is 14.0. The molecule has 20 heavy (non-hydrogen) atoms. The lowest BCUT2D eigenvalue weighted by atomic mass is 10.3. The molecule has 4 nitrogen and oxygen atoms in total. The maximum Gasteiger partial charge on any atom is 0.250 e. The highest BCUT2D eigenvalue weighted by molar-refractivity contribution is 7.91. The molecule has 104 valence electrons. The molecular weight excluding hydrogens is 314 g/mol. The Labute approximate surface area is 124 Å². The van der Waals surface area contributed by atoms with Gasteiger partial charge in [0.25, 0.3) is 0 Å². The van der Waals surface area contributed by atoms with Gasteiger partial charge in [-0.2, -0.15) is 0 Å². The zero-order valence-corrected chi connectivity index (χ0v) is 12.7. The van der Waals surface area contributed by atoms with Gasteiger partial charge in [-0.25, -0.2) is 13.1 Å². The number of nitrogens with one attached hydrogen (secondary N) is 1. The third kappa shape index (κ3) is 2.85. The predicted molar refractivity (Wildman–Crippen MR) is 80.4 cm³/mol. The SMILES string of the molecule is O=S(=O)(NCc1ccc(-c2cccs2)o1)c1cccs1. The number of thiophene rings is 2. The average molecular weight is 325 g/mol. The van der Waals surface area contributed by atoms with Gasteiger partial charge in [0, 0.05) is 0 Å². The lowest BCUT2D eigenvalue weighted by molar-refractivity contribution is 0.511. The van der Waals surface area contributed by atoms with E-state index in [0.29, 0.717) is 9.97 Å². The van der Waals surface area contributed by atoms with E-state index < -0.39 is 10.0 Å². The molecule has 0 aliphatic rings. The van der Waals surface area contributed by atoms with Crippen molar-refractivity contribution in [2.45, 2.75) is 10.8 Å². The monoisotopic (exact) mass is 325 g/mol. The molecule has 0 radical (unpaired) electrons. The molecule has 0 bridgehead atoms. The Morgan fingerprint density at radius 1 is 1.05 bits per heavy atom. The van der Waals surface area contributed by atoms with Crippen LogP contribution in [0.5, 0.6) is 0 Å². The summed E-state index contributed by atoms with van der Waals surface area (Å²) in [7, 11) is -3.45. The van der Waals surface area contributed by atoms with Crippen LogP contribution in [0.3, 0.4) is 0 Å². The highest BCUT2D eigenvalue weighted by Crippen LogP contribution is 2.26. The fraction of sp³-hybridized carbons (Fsp3) is 0.0769. The van der Waals surface area contributed by atoms with Crippen molar-refractivity contribution in [3.63, 3.8) is 0 Å². The molecule has 0 amide bonds. The van der Waals surface area contributed by atoms with Crippen LogP contribution < -0.4 is 4.72 Å². The summed E-state index contributed by atoms with van der Waals surface area (Å²) in [6.07, 6.45) is 0. The molecule has 0 spiro atoms. The number of hydrogen-bond donors (Lipinski definition) is 1. The summed E-state index contributed by atoms with van der Waals surface area (Å²) in [5, 5.41) is 3.70. The quantitative estimate of drug-likeness (QED) is 0.780. The van der Waals surface area contributed by atoms with Gasteiger partial charge in [0.1, 0.15) is 15.7 Å². The average Bonchev–Trinajstić information content (AvgIpc) is 3.16.